The number of nitrogens with two attached hydrogens (primary N) is 1. The molecule has 1 aromatic rings. The number of pyridine rings is 1. The van der Waals surface area contributed by atoms with E-state index < -0.39 is 0 Å². The third-order valence-electron chi connectivity index (χ3n) is 2.05. The van der Waals surface area contributed by atoms with Crippen LogP contribution in [0.3, 0.4) is 0 Å². The molecule has 1 rings (SSSR count). The molecule has 0 fully saturated rings. The van der Waals surface area contributed by atoms with Gasteiger partial charge in [-0.25, -0.2) is 0 Å². The highest BCUT2D eigenvalue weighted by Gasteiger charge is 2.03. The van der Waals surface area contributed by atoms with Gasteiger partial charge < -0.3 is 16.2 Å². The lowest BCUT2D eigenvalue weighted by atomic mass is 10.2. The number of rotatable bonds is 5. The van der Waals surface area contributed by atoms with Crippen molar-refractivity contribution in [3.8, 4) is 0 Å². The second kappa shape index (κ2) is 5.44. The van der Waals surface area contributed by atoms with Gasteiger partial charge >= 0.3 is 0 Å². The Balaban J connectivity index is 2.47. The van der Waals surface area contributed by atoms with E-state index in [1.165, 1.54) is 0 Å². The van der Waals surface area contributed by atoms with Crippen molar-refractivity contribution in [2.75, 3.05) is 17.7 Å². The minimum atomic E-state index is 0.234. The van der Waals surface area contributed by atoms with Crippen LogP contribution in [0.1, 0.15) is 19.8 Å². The molecule has 0 aliphatic heterocycles. The van der Waals surface area contributed by atoms with Crippen molar-refractivity contribution < 1.29 is 5.11 Å². The fraction of sp³-hybridized carbons (Fsp3) is 0.500. The summed E-state index contributed by atoms with van der Waals surface area (Å²) in [5.41, 5.74) is 7.29. The lowest BCUT2D eigenvalue weighted by Crippen LogP contribution is -2.16. The number of aliphatic hydroxyl groups excluding tert-OH is 1. The van der Waals surface area contributed by atoms with E-state index in [0.717, 1.165) is 18.5 Å². The van der Waals surface area contributed by atoms with E-state index in [1.54, 1.807) is 12.4 Å². The van der Waals surface area contributed by atoms with Gasteiger partial charge in [0.2, 0.25) is 0 Å². The fourth-order valence-corrected chi connectivity index (χ4v) is 1.27. The number of nitrogens with one attached hydrogen (secondary N) is 1. The number of nitrogens with zero attached hydrogens (tertiary/aromatic N) is 1. The van der Waals surface area contributed by atoms with Gasteiger partial charge in [-0.15, -0.1) is 0 Å². The normalized spacial score (nSPS) is 12.4. The molecule has 0 amide bonds. The summed E-state index contributed by atoms with van der Waals surface area (Å²) >= 11 is 0. The highest BCUT2D eigenvalue weighted by Crippen LogP contribution is 2.17. The molecule has 0 saturated carbocycles. The zero-order valence-corrected chi connectivity index (χ0v) is 8.40. The first-order chi connectivity index (χ1) is 6.74. The van der Waals surface area contributed by atoms with Crippen LogP contribution in [-0.4, -0.2) is 22.7 Å². The first-order valence-corrected chi connectivity index (χ1v) is 4.81. The van der Waals surface area contributed by atoms with Crippen LogP contribution in [0.4, 0.5) is 11.4 Å². The van der Waals surface area contributed by atoms with E-state index >= 15 is 0 Å². The van der Waals surface area contributed by atoms with Gasteiger partial charge in [0.1, 0.15) is 0 Å². The number of aromatic nitrogens is 1. The second-order valence-electron chi connectivity index (χ2n) is 3.37. The van der Waals surface area contributed by atoms with Gasteiger partial charge in [-0.05, 0) is 25.8 Å². The van der Waals surface area contributed by atoms with E-state index in [-0.39, 0.29) is 6.61 Å². The third kappa shape index (κ3) is 3.22. The molecule has 0 bridgehead atoms. The van der Waals surface area contributed by atoms with E-state index in [0.29, 0.717) is 11.7 Å². The van der Waals surface area contributed by atoms with Crippen LogP contribution in [0.5, 0.6) is 0 Å². The Bertz CT molecular complexity index is 278. The van der Waals surface area contributed by atoms with Gasteiger partial charge in [0.25, 0.3) is 0 Å². The van der Waals surface area contributed by atoms with E-state index in [2.05, 4.69) is 17.2 Å². The molecule has 1 atom stereocenters. The average molecular weight is 195 g/mol. The molecular weight excluding hydrogens is 178 g/mol. The van der Waals surface area contributed by atoms with Crippen LogP contribution in [0, 0.1) is 0 Å². The number of hydrogen-bond acceptors (Lipinski definition) is 4. The van der Waals surface area contributed by atoms with Crippen LogP contribution in [0.2, 0.25) is 0 Å². The van der Waals surface area contributed by atoms with Gasteiger partial charge in [-0.2, -0.15) is 0 Å². The summed E-state index contributed by atoms with van der Waals surface area (Å²) in [6.45, 7) is 2.30. The largest absolute Gasteiger partial charge is 0.396 e. The molecule has 0 spiro atoms. The summed E-state index contributed by atoms with van der Waals surface area (Å²) < 4.78 is 0. The summed E-state index contributed by atoms with van der Waals surface area (Å²) in [7, 11) is 0. The molecule has 0 radical (unpaired) electrons. The summed E-state index contributed by atoms with van der Waals surface area (Å²) in [5.74, 6) is 0. The molecule has 4 heteroatoms. The molecule has 14 heavy (non-hydrogen) atoms. The first-order valence-electron chi connectivity index (χ1n) is 4.81. The Hall–Kier alpha value is -1.29. The van der Waals surface area contributed by atoms with Crippen LogP contribution in [-0.2, 0) is 0 Å². The zero-order valence-electron chi connectivity index (χ0n) is 8.40. The molecule has 4 N–H and O–H groups in total. The number of aliphatic hydroxyl groups is 1. The molecule has 0 saturated heterocycles. The SMILES string of the molecule is CC(CCCO)Nc1ccncc1N. The number of hydrogen-bond donors (Lipinski definition) is 3. The molecule has 1 unspecified atom stereocenters. The highest BCUT2D eigenvalue weighted by atomic mass is 16.2. The predicted octanol–water partition coefficient (Wildman–Crippen LogP) is 1.24. The van der Waals surface area contributed by atoms with Gasteiger partial charge in [0, 0.05) is 18.8 Å². The maximum Gasteiger partial charge on any atom is 0.0736 e. The molecule has 0 aromatic carbocycles. The zero-order chi connectivity index (χ0) is 10.4. The Morgan fingerprint density at radius 1 is 1.64 bits per heavy atom. The predicted molar refractivity (Wildman–Crippen MR) is 58.1 cm³/mol. The van der Waals surface area contributed by atoms with Crippen molar-refractivity contribution in [1.82, 2.24) is 4.98 Å². The van der Waals surface area contributed by atoms with Crippen molar-refractivity contribution in [1.29, 1.82) is 0 Å². The van der Waals surface area contributed by atoms with Gasteiger partial charge in [-0.3, -0.25) is 4.98 Å². The van der Waals surface area contributed by atoms with Crippen molar-refractivity contribution in [3.05, 3.63) is 18.5 Å². The summed E-state index contributed by atoms with van der Waals surface area (Å²) in [6.07, 6.45) is 5.07. The van der Waals surface area contributed by atoms with Gasteiger partial charge in [0.15, 0.2) is 0 Å². The van der Waals surface area contributed by atoms with Crippen molar-refractivity contribution in [2.24, 2.45) is 0 Å². The Morgan fingerprint density at radius 2 is 2.43 bits per heavy atom. The maximum absolute atomic E-state index is 8.67. The molecule has 1 aromatic heterocycles. The van der Waals surface area contributed by atoms with E-state index in [1.807, 2.05) is 6.07 Å². The van der Waals surface area contributed by atoms with Crippen LogP contribution in [0.25, 0.3) is 0 Å². The van der Waals surface area contributed by atoms with Gasteiger partial charge in [0.05, 0.1) is 17.6 Å². The van der Waals surface area contributed by atoms with Crippen LogP contribution < -0.4 is 11.1 Å². The molecule has 78 valence electrons. The minimum absolute atomic E-state index is 0.234. The monoisotopic (exact) mass is 195 g/mol. The average Bonchev–Trinajstić information content (AvgIpc) is 2.18. The Kier molecular flexibility index (Phi) is 4.19. The minimum Gasteiger partial charge on any atom is -0.396 e. The topological polar surface area (TPSA) is 71.2 Å². The van der Waals surface area contributed by atoms with Crippen molar-refractivity contribution in [2.45, 2.75) is 25.8 Å². The lowest BCUT2D eigenvalue weighted by molar-refractivity contribution is 0.282. The lowest BCUT2D eigenvalue weighted by Gasteiger charge is -2.15. The molecule has 4 nitrogen and oxygen atoms in total. The van der Waals surface area contributed by atoms with Crippen molar-refractivity contribution in [3.63, 3.8) is 0 Å². The standard InChI is InChI=1S/C10H17N3O/c1-8(3-2-6-14)13-10-4-5-12-7-9(10)11/h4-5,7-8,14H,2-3,6,11H2,1H3,(H,12,13). The van der Waals surface area contributed by atoms with E-state index in [4.69, 9.17) is 10.8 Å². The quantitative estimate of drug-likeness (QED) is 0.661. The number of nitrogen functional groups attached to an aromatic ring is 1. The Morgan fingerprint density at radius 3 is 3.07 bits per heavy atom. The summed E-state index contributed by atoms with van der Waals surface area (Å²) in [5, 5.41) is 11.9. The third-order valence-corrected chi connectivity index (χ3v) is 2.05. The van der Waals surface area contributed by atoms with Gasteiger partial charge in [-0.1, -0.05) is 0 Å². The van der Waals surface area contributed by atoms with Crippen LogP contribution >= 0.6 is 0 Å². The molecule has 0 aliphatic rings. The van der Waals surface area contributed by atoms with E-state index in [9.17, 15) is 0 Å². The highest BCUT2D eigenvalue weighted by molar-refractivity contribution is 5.64. The molecule has 1 heterocycles. The second-order valence-corrected chi connectivity index (χ2v) is 3.37. The van der Waals surface area contributed by atoms with Crippen LogP contribution in [0.15, 0.2) is 18.5 Å². The Labute approximate surface area is 84.2 Å². The summed E-state index contributed by atoms with van der Waals surface area (Å²) in [4.78, 5) is 3.91. The maximum atomic E-state index is 8.67. The molecular formula is C10H17N3O. The smallest absolute Gasteiger partial charge is 0.0736 e. The fourth-order valence-electron chi connectivity index (χ4n) is 1.27. The summed E-state index contributed by atoms with van der Waals surface area (Å²) in [6, 6.07) is 2.16. The first kappa shape index (κ1) is 10.8. The molecule has 0 aliphatic carbocycles. The van der Waals surface area contributed by atoms with Crippen molar-refractivity contribution >= 4 is 11.4 Å². The number of anilines is 2.